The molecule has 9 nitrogen and oxygen atoms in total. The fourth-order valence-electron chi connectivity index (χ4n) is 2.24. The molecule has 2 N–H and O–H groups in total. The third kappa shape index (κ3) is 7.77. The van der Waals surface area contributed by atoms with E-state index in [1.165, 1.54) is 6.92 Å². The Kier molecular flexibility index (Phi) is 8.59. The maximum Gasteiger partial charge on any atom is 0.334 e. The fourth-order valence-corrected chi connectivity index (χ4v) is 2.24. The number of nitrogens with one attached hydrogen (secondary N) is 2. The largest absolute Gasteiger partial charge is 0.356 e. The molecule has 1 saturated heterocycles. The number of nitrogens with zero attached hydrogens (tertiary/aromatic N) is 1. The number of imide groups is 1. The summed E-state index contributed by atoms with van der Waals surface area (Å²) in [7, 11) is 0. The molecular weight excluding hydrogens is 330 g/mol. The SMILES string of the molecule is CC(=O)NCCCCC(C)C(=O)NCCC(=O)ON1C(=O)CCC1=O. The number of unbranched alkanes of at least 4 members (excludes halogenated alkanes) is 1. The third-order valence-corrected chi connectivity index (χ3v) is 3.71. The Balaban J connectivity index is 2.14. The van der Waals surface area contributed by atoms with Crippen molar-refractivity contribution in [3.05, 3.63) is 0 Å². The van der Waals surface area contributed by atoms with E-state index >= 15 is 0 Å². The number of hydrogen-bond acceptors (Lipinski definition) is 6. The Bertz CT molecular complexity index is 518. The third-order valence-electron chi connectivity index (χ3n) is 3.71. The van der Waals surface area contributed by atoms with Gasteiger partial charge in [0.1, 0.15) is 0 Å². The van der Waals surface area contributed by atoms with Gasteiger partial charge in [-0.25, -0.2) is 4.79 Å². The molecule has 0 aromatic rings. The molecule has 1 unspecified atom stereocenters. The molecule has 0 aliphatic carbocycles. The topological polar surface area (TPSA) is 122 Å². The fraction of sp³-hybridized carbons (Fsp3) is 0.688. The number of rotatable bonds is 10. The van der Waals surface area contributed by atoms with Gasteiger partial charge in [0.05, 0.1) is 6.42 Å². The lowest BCUT2D eigenvalue weighted by Crippen LogP contribution is -2.35. The standard InChI is InChI=1S/C16H25N3O6/c1-11(5-3-4-9-17-12(2)20)16(24)18-10-8-15(23)25-19-13(21)6-7-14(19)22/h11H,3-10H2,1-2H3,(H,17,20)(H,18,24). The van der Waals surface area contributed by atoms with Gasteiger partial charge in [-0.2, -0.15) is 0 Å². The molecule has 0 bridgehead atoms. The number of amides is 4. The van der Waals surface area contributed by atoms with Crippen LogP contribution in [0.4, 0.5) is 0 Å². The highest BCUT2D eigenvalue weighted by Gasteiger charge is 2.32. The first-order chi connectivity index (χ1) is 11.8. The first-order valence-corrected chi connectivity index (χ1v) is 8.40. The molecule has 1 aliphatic rings. The lowest BCUT2D eigenvalue weighted by Gasteiger charge is -2.14. The number of hydroxylamine groups is 2. The van der Waals surface area contributed by atoms with E-state index < -0.39 is 17.8 Å². The highest BCUT2D eigenvalue weighted by atomic mass is 16.7. The average molecular weight is 355 g/mol. The zero-order valence-corrected chi connectivity index (χ0v) is 14.6. The monoisotopic (exact) mass is 355 g/mol. The first kappa shape index (κ1) is 20.6. The molecule has 0 radical (unpaired) electrons. The van der Waals surface area contributed by atoms with Gasteiger partial charge in [0.2, 0.25) is 11.8 Å². The molecule has 0 spiro atoms. The van der Waals surface area contributed by atoms with Crippen LogP contribution in [0.5, 0.6) is 0 Å². The van der Waals surface area contributed by atoms with Crippen LogP contribution in [0.1, 0.15) is 52.4 Å². The summed E-state index contributed by atoms with van der Waals surface area (Å²) in [6.07, 6.45) is 2.23. The van der Waals surface area contributed by atoms with Gasteiger partial charge in [0.15, 0.2) is 0 Å². The van der Waals surface area contributed by atoms with Gasteiger partial charge in [-0.15, -0.1) is 5.06 Å². The van der Waals surface area contributed by atoms with Gasteiger partial charge < -0.3 is 15.5 Å². The molecule has 1 atom stereocenters. The van der Waals surface area contributed by atoms with Crippen LogP contribution in [0.2, 0.25) is 0 Å². The highest BCUT2D eigenvalue weighted by Crippen LogP contribution is 2.12. The second-order valence-corrected chi connectivity index (χ2v) is 5.97. The molecule has 0 saturated carbocycles. The molecular formula is C16H25N3O6. The van der Waals surface area contributed by atoms with Crippen LogP contribution in [0.3, 0.4) is 0 Å². The van der Waals surface area contributed by atoms with Crippen LogP contribution in [0.15, 0.2) is 0 Å². The summed E-state index contributed by atoms with van der Waals surface area (Å²) in [4.78, 5) is 61.5. The minimum Gasteiger partial charge on any atom is -0.356 e. The van der Waals surface area contributed by atoms with E-state index in [0.29, 0.717) is 18.0 Å². The maximum atomic E-state index is 11.9. The number of carbonyl (C=O) groups excluding carboxylic acids is 5. The van der Waals surface area contributed by atoms with E-state index in [4.69, 9.17) is 4.84 Å². The Hall–Kier alpha value is -2.45. The number of carbonyl (C=O) groups is 5. The zero-order chi connectivity index (χ0) is 18.8. The Labute approximate surface area is 146 Å². The van der Waals surface area contributed by atoms with Crippen molar-refractivity contribution >= 4 is 29.6 Å². The van der Waals surface area contributed by atoms with Crippen molar-refractivity contribution in [2.75, 3.05) is 13.1 Å². The Morgan fingerprint density at radius 1 is 1.08 bits per heavy atom. The summed E-state index contributed by atoms with van der Waals surface area (Å²) < 4.78 is 0. The van der Waals surface area contributed by atoms with E-state index in [1.54, 1.807) is 6.92 Å². The molecule has 1 rings (SSSR count). The molecule has 1 fully saturated rings. The van der Waals surface area contributed by atoms with Crippen molar-refractivity contribution in [3.8, 4) is 0 Å². The van der Waals surface area contributed by atoms with Crippen molar-refractivity contribution in [1.29, 1.82) is 0 Å². The number of hydrogen-bond donors (Lipinski definition) is 2. The van der Waals surface area contributed by atoms with Gasteiger partial charge in [-0.05, 0) is 12.8 Å². The summed E-state index contributed by atoms with van der Waals surface area (Å²) in [6.45, 7) is 3.90. The van der Waals surface area contributed by atoms with Crippen molar-refractivity contribution < 1.29 is 28.8 Å². The zero-order valence-electron chi connectivity index (χ0n) is 14.6. The van der Waals surface area contributed by atoms with Gasteiger partial charge in [0, 0.05) is 38.8 Å². The average Bonchev–Trinajstić information content (AvgIpc) is 2.85. The van der Waals surface area contributed by atoms with Crippen LogP contribution >= 0.6 is 0 Å². The lowest BCUT2D eigenvalue weighted by molar-refractivity contribution is -0.197. The summed E-state index contributed by atoms with van der Waals surface area (Å²) >= 11 is 0. The maximum absolute atomic E-state index is 11.9. The molecule has 4 amide bonds. The smallest absolute Gasteiger partial charge is 0.334 e. The summed E-state index contributed by atoms with van der Waals surface area (Å²) in [5.41, 5.74) is 0. The predicted molar refractivity (Wildman–Crippen MR) is 86.5 cm³/mol. The molecule has 0 aromatic carbocycles. The highest BCUT2D eigenvalue weighted by molar-refractivity contribution is 6.01. The minimum absolute atomic E-state index is 0.0439. The van der Waals surface area contributed by atoms with E-state index in [9.17, 15) is 24.0 Å². The van der Waals surface area contributed by atoms with E-state index in [-0.39, 0.29) is 43.5 Å². The molecule has 0 aromatic heterocycles. The van der Waals surface area contributed by atoms with Crippen molar-refractivity contribution in [3.63, 3.8) is 0 Å². The van der Waals surface area contributed by atoms with E-state index in [0.717, 1.165) is 12.8 Å². The minimum atomic E-state index is -0.744. The lowest BCUT2D eigenvalue weighted by atomic mass is 10.0. The second-order valence-electron chi connectivity index (χ2n) is 5.97. The predicted octanol–water partition coefficient (Wildman–Crippen LogP) is 0.0424. The summed E-state index contributed by atoms with van der Waals surface area (Å²) in [5, 5.41) is 5.80. The second kappa shape index (κ2) is 10.4. The molecule has 9 heteroatoms. The van der Waals surface area contributed by atoms with Crippen LogP contribution in [0.25, 0.3) is 0 Å². The van der Waals surface area contributed by atoms with Crippen molar-refractivity contribution in [2.45, 2.75) is 52.4 Å². The van der Waals surface area contributed by atoms with E-state index in [1.807, 2.05) is 0 Å². The van der Waals surface area contributed by atoms with Gasteiger partial charge >= 0.3 is 5.97 Å². The Morgan fingerprint density at radius 3 is 2.32 bits per heavy atom. The molecule has 25 heavy (non-hydrogen) atoms. The summed E-state index contributed by atoms with van der Waals surface area (Å²) in [6, 6.07) is 0. The molecule has 1 aliphatic heterocycles. The normalized spacial score (nSPS) is 15.0. The van der Waals surface area contributed by atoms with Crippen LogP contribution in [-0.4, -0.2) is 47.8 Å². The summed E-state index contributed by atoms with van der Waals surface area (Å²) in [5.74, 6) is -2.27. The molecule has 140 valence electrons. The van der Waals surface area contributed by atoms with Gasteiger partial charge in [0.25, 0.3) is 11.8 Å². The quantitative estimate of drug-likeness (QED) is 0.421. The van der Waals surface area contributed by atoms with Gasteiger partial charge in [-0.3, -0.25) is 19.2 Å². The van der Waals surface area contributed by atoms with Crippen molar-refractivity contribution in [1.82, 2.24) is 15.7 Å². The Morgan fingerprint density at radius 2 is 1.72 bits per heavy atom. The molecule has 1 heterocycles. The van der Waals surface area contributed by atoms with E-state index in [2.05, 4.69) is 10.6 Å². The van der Waals surface area contributed by atoms with Crippen molar-refractivity contribution in [2.24, 2.45) is 5.92 Å². The van der Waals surface area contributed by atoms with Gasteiger partial charge in [-0.1, -0.05) is 13.3 Å². The van der Waals surface area contributed by atoms with Crippen LogP contribution in [0, 0.1) is 5.92 Å². The van der Waals surface area contributed by atoms with Crippen LogP contribution in [-0.2, 0) is 28.8 Å². The van der Waals surface area contributed by atoms with Crippen LogP contribution < -0.4 is 10.6 Å². The first-order valence-electron chi connectivity index (χ1n) is 8.40.